The van der Waals surface area contributed by atoms with Crippen molar-refractivity contribution in [3.63, 3.8) is 0 Å². The first-order valence-electron chi connectivity index (χ1n) is 18.5. The van der Waals surface area contributed by atoms with Crippen molar-refractivity contribution in [1.29, 1.82) is 0 Å². The molecule has 59 heavy (non-hydrogen) atoms. The second-order valence-electron chi connectivity index (χ2n) is 12.8. The van der Waals surface area contributed by atoms with Gasteiger partial charge in [-0.3, -0.25) is 19.3 Å². The highest BCUT2D eigenvalue weighted by Crippen LogP contribution is 2.35. The summed E-state index contributed by atoms with van der Waals surface area (Å²) in [5.74, 6) is 1.04. The Bertz CT molecular complexity index is 2300. The lowest BCUT2D eigenvalue weighted by atomic mass is 9.78. The SMILES string of the molecule is CCOC(=O)C1(C(=O)OCC)CCN(Cc2ccc(-c3noc(/C(=N\OC)c4ccco4)n3)cc2)CC1.CO/N=C(/c1ccco1)c1nc(-c2ccc(C=O)cc2)no1. The maximum absolute atomic E-state index is 12.6. The summed E-state index contributed by atoms with van der Waals surface area (Å²) in [4.78, 5) is 56.5. The third kappa shape index (κ3) is 9.85. The Balaban J connectivity index is 0.000000226. The van der Waals surface area contributed by atoms with Crippen LogP contribution in [0.5, 0.6) is 0 Å². The summed E-state index contributed by atoms with van der Waals surface area (Å²) in [6.45, 7) is 5.72. The van der Waals surface area contributed by atoms with Crippen LogP contribution in [-0.4, -0.2) is 95.4 Å². The molecule has 1 aliphatic rings. The number of furan rings is 2. The maximum atomic E-state index is 12.6. The molecular weight excluding hydrogens is 766 g/mol. The van der Waals surface area contributed by atoms with Gasteiger partial charge in [-0.2, -0.15) is 9.97 Å². The van der Waals surface area contributed by atoms with E-state index in [-0.39, 0.29) is 25.0 Å². The number of esters is 2. The second kappa shape index (κ2) is 19.8. The third-order valence-electron chi connectivity index (χ3n) is 9.10. The Hall–Kier alpha value is -7.21. The quantitative estimate of drug-likeness (QED) is 0.0383. The summed E-state index contributed by atoms with van der Waals surface area (Å²) in [5, 5.41) is 15.8. The van der Waals surface area contributed by atoms with Crippen LogP contribution in [-0.2, 0) is 35.3 Å². The molecule has 0 spiro atoms. The van der Waals surface area contributed by atoms with Gasteiger partial charge in [-0.25, -0.2) is 0 Å². The monoisotopic (exact) mass is 807 g/mol. The van der Waals surface area contributed by atoms with Crippen molar-refractivity contribution >= 4 is 29.6 Å². The molecule has 7 rings (SSSR count). The standard InChI is InChI=1S/C26H30N4O7.C15H11N3O4/c1-4-34-24(31)26(25(32)35-5-2)12-14-30(15-13-26)17-18-8-10-19(11-9-18)22-27-23(37-29-22)21(28-33-3)20-7-6-16-36-20;1-20-17-13(12-3-2-8-21-12)15-16-14(18-22-15)11-6-4-10(9-19)5-7-11/h6-11,16H,4-5,12-15,17H2,1-3H3;2-9H,1H3/b28-21-;17-13-. The molecule has 18 nitrogen and oxygen atoms in total. The van der Waals surface area contributed by atoms with Crippen molar-refractivity contribution < 1.29 is 51.4 Å². The molecule has 0 aliphatic carbocycles. The molecule has 0 bridgehead atoms. The molecule has 18 heteroatoms. The molecule has 0 atom stereocenters. The van der Waals surface area contributed by atoms with E-state index in [0.717, 1.165) is 23.0 Å². The van der Waals surface area contributed by atoms with Gasteiger partial charge in [0.1, 0.15) is 20.5 Å². The Morgan fingerprint density at radius 2 is 1.20 bits per heavy atom. The molecule has 6 aromatic rings. The molecule has 1 aliphatic heterocycles. The summed E-state index contributed by atoms with van der Waals surface area (Å²) < 4.78 is 31.7. The zero-order valence-corrected chi connectivity index (χ0v) is 32.7. The van der Waals surface area contributed by atoms with Crippen LogP contribution in [0.1, 0.15) is 65.9 Å². The highest BCUT2D eigenvalue weighted by molar-refractivity contribution is 6.08. The number of piperidine rings is 1. The topological polar surface area (TPSA) is 220 Å². The van der Waals surface area contributed by atoms with Crippen molar-refractivity contribution in [3.8, 4) is 22.8 Å². The van der Waals surface area contributed by atoms with Crippen LogP contribution in [0.4, 0.5) is 0 Å². The maximum Gasteiger partial charge on any atom is 0.323 e. The molecule has 0 amide bonds. The summed E-state index contributed by atoms with van der Waals surface area (Å²) in [6, 6.07) is 21.5. The Morgan fingerprint density at radius 3 is 1.61 bits per heavy atom. The van der Waals surface area contributed by atoms with Crippen molar-refractivity contribution in [2.75, 3.05) is 40.5 Å². The predicted octanol–water partition coefficient (Wildman–Crippen LogP) is 5.98. The summed E-state index contributed by atoms with van der Waals surface area (Å²) in [5.41, 5.74) is 2.51. The number of likely N-dealkylation sites (tertiary alicyclic amines) is 1. The molecule has 0 N–H and O–H groups in total. The molecule has 0 saturated carbocycles. The summed E-state index contributed by atoms with van der Waals surface area (Å²) in [6.07, 6.45) is 4.51. The van der Waals surface area contributed by atoms with Crippen LogP contribution in [0, 0.1) is 5.41 Å². The van der Waals surface area contributed by atoms with E-state index in [1.807, 2.05) is 24.3 Å². The van der Waals surface area contributed by atoms with E-state index >= 15 is 0 Å². The van der Waals surface area contributed by atoms with Gasteiger partial charge in [0, 0.05) is 36.3 Å². The second-order valence-corrected chi connectivity index (χ2v) is 12.8. The van der Waals surface area contributed by atoms with E-state index in [1.54, 1.807) is 62.4 Å². The zero-order chi connectivity index (χ0) is 41.6. The van der Waals surface area contributed by atoms with E-state index in [0.29, 0.717) is 72.6 Å². The molecule has 1 saturated heterocycles. The van der Waals surface area contributed by atoms with Crippen LogP contribution >= 0.6 is 0 Å². The number of aromatic nitrogens is 4. The number of ether oxygens (including phenoxy) is 2. The Labute approximate surface area is 337 Å². The first kappa shape index (κ1) is 41.4. The van der Waals surface area contributed by atoms with E-state index in [9.17, 15) is 14.4 Å². The van der Waals surface area contributed by atoms with Gasteiger partial charge in [0.25, 0.3) is 11.8 Å². The molecule has 306 valence electrons. The van der Waals surface area contributed by atoms with Crippen LogP contribution in [0.3, 0.4) is 0 Å². The summed E-state index contributed by atoms with van der Waals surface area (Å²) in [7, 11) is 2.84. The number of rotatable bonds is 15. The number of hydrogen-bond acceptors (Lipinski definition) is 18. The zero-order valence-electron chi connectivity index (χ0n) is 32.7. The van der Waals surface area contributed by atoms with Gasteiger partial charge in [0.15, 0.2) is 16.9 Å². The van der Waals surface area contributed by atoms with Gasteiger partial charge < -0.3 is 37.0 Å². The normalized spacial score (nSPS) is 14.2. The smallest absolute Gasteiger partial charge is 0.323 e. The fraction of sp³-hybridized carbons (Fsp3) is 0.293. The number of nitrogens with zero attached hydrogens (tertiary/aromatic N) is 7. The highest BCUT2D eigenvalue weighted by atomic mass is 16.6. The van der Waals surface area contributed by atoms with E-state index in [4.69, 9.17) is 37.0 Å². The van der Waals surface area contributed by atoms with Gasteiger partial charge in [0.05, 0.1) is 25.7 Å². The molecule has 1 fully saturated rings. The van der Waals surface area contributed by atoms with Crippen LogP contribution in [0.2, 0.25) is 0 Å². The third-order valence-corrected chi connectivity index (χ3v) is 9.10. The fourth-order valence-electron chi connectivity index (χ4n) is 6.11. The Kier molecular flexibility index (Phi) is 13.9. The first-order valence-corrected chi connectivity index (χ1v) is 18.5. The van der Waals surface area contributed by atoms with Gasteiger partial charge in [0.2, 0.25) is 23.1 Å². The van der Waals surface area contributed by atoms with E-state index in [1.165, 1.54) is 26.7 Å². The number of hydrogen-bond donors (Lipinski definition) is 0. The van der Waals surface area contributed by atoms with Gasteiger partial charge >= 0.3 is 11.9 Å². The van der Waals surface area contributed by atoms with Gasteiger partial charge in [-0.1, -0.05) is 69.2 Å². The fourth-order valence-corrected chi connectivity index (χ4v) is 6.11. The lowest BCUT2D eigenvalue weighted by Crippen LogP contribution is -2.50. The number of benzene rings is 2. The Morgan fingerprint density at radius 1 is 0.729 bits per heavy atom. The van der Waals surface area contributed by atoms with Crippen molar-refractivity contribution in [3.05, 3.63) is 120 Å². The number of aldehydes is 1. The lowest BCUT2D eigenvalue weighted by molar-refractivity contribution is -0.176. The van der Waals surface area contributed by atoms with Gasteiger partial charge in [-0.05, 0) is 56.5 Å². The minimum absolute atomic E-state index is 0.172. The van der Waals surface area contributed by atoms with Crippen molar-refractivity contribution in [2.45, 2.75) is 33.2 Å². The number of carbonyl (C=O) groups is 3. The van der Waals surface area contributed by atoms with Crippen molar-refractivity contribution in [1.82, 2.24) is 25.2 Å². The van der Waals surface area contributed by atoms with E-state index in [2.05, 4.69) is 35.5 Å². The minimum atomic E-state index is -1.23. The molecule has 0 unspecified atom stereocenters. The van der Waals surface area contributed by atoms with Crippen LogP contribution < -0.4 is 0 Å². The predicted molar refractivity (Wildman–Crippen MR) is 208 cm³/mol. The van der Waals surface area contributed by atoms with E-state index < -0.39 is 17.4 Å². The first-order chi connectivity index (χ1) is 28.8. The van der Waals surface area contributed by atoms with Gasteiger partial charge in [-0.15, -0.1) is 0 Å². The van der Waals surface area contributed by atoms with Crippen LogP contribution in [0.15, 0.2) is 114 Å². The summed E-state index contributed by atoms with van der Waals surface area (Å²) >= 11 is 0. The average molecular weight is 808 g/mol. The average Bonchev–Trinajstić information content (AvgIpc) is 4.12. The van der Waals surface area contributed by atoms with Crippen molar-refractivity contribution in [2.24, 2.45) is 15.7 Å². The minimum Gasteiger partial charge on any atom is -0.465 e. The molecule has 5 heterocycles. The molecular formula is C41H41N7O11. The highest BCUT2D eigenvalue weighted by Gasteiger charge is 2.50. The van der Waals surface area contributed by atoms with Crippen LogP contribution in [0.25, 0.3) is 22.8 Å². The lowest BCUT2D eigenvalue weighted by Gasteiger charge is -2.38. The largest absolute Gasteiger partial charge is 0.465 e. The number of oxime groups is 2. The molecule has 0 radical (unpaired) electrons. The molecule has 2 aromatic carbocycles. The number of carbonyl (C=O) groups excluding carboxylic acids is 3. The molecule has 4 aromatic heterocycles.